The van der Waals surface area contributed by atoms with Crippen molar-refractivity contribution in [3.8, 4) is 5.75 Å². The second-order valence-corrected chi connectivity index (χ2v) is 5.40. The van der Waals surface area contributed by atoms with E-state index in [1.165, 1.54) is 0 Å². The second kappa shape index (κ2) is 7.85. The Labute approximate surface area is 142 Å². The molecule has 2 aromatic carbocycles. The topological polar surface area (TPSA) is 75.6 Å². The van der Waals surface area contributed by atoms with Gasteiger partial charge in [0.25, 0.3) is 5.91 Å². The van der Waals surface area contributed by atoms with Crippen molar-refractivity contribution < 1.29 is 19.4 Å². The minimum absolute atomic E-state index is 0.178. The molecule has 0 fully saturated rings. The molecule has 0 aliphatic rings. The van der Waals surface area contributed by atoms with Crippen LogP contribution in [0.15, 0.2) is 48.5 Å². The van der Waals surface area contributed by atoms with E-state index in [0.717, 1.165) is 0 Å². The fourth-order valence-corrected chi connectivity index (χ4v) is 2.40. The average Bonchev–Trinajstić information content (AvgIpc) is 2.52. The summed E-state index contributed by atoms with van der Waals surface area (Å²) in [6.07, 6.45) is 0. The summed E-state index contributed by atoms with van der Waals surface area (Å²) < 4.78 is 5.28. The van der Waals surface area contributed by atoms with Crippen LogP contribution in [0.4, 0.5) is 0 Å². The van der Waals surface area contributed by atoms with Crippen LogP contribution in [0.3, 0.4) is 0 Å². The molecule has 0 aliphatic heterocycles. The molecule has 1 unspecified atom stereocenters. The first kappa shape index (κ1) is 17.1. The van der Waals surface area contributed by atoms with Gasteiger partial charge < -0.3 is 15.2 Å². The Hall–Kier alpha value is -2.24. The monoisotopic (exact) mass is 353 g/mol. The summed E-state index contributed by atoms with van der Waals surface area (Å²) in [5, 5.41) is 12.2. The molecule has 0 saturated heterocycles. The molecule has 0 bridgehead atoms. The Balaban J connectivity index is 2.02. The van der Waals surface area contributed by atoms with Gasteiger partial charge in [0.05, 0.1) is 10.0 Å². The zero-order valence-corrected chi connectivity index (χ0v) is 13.3. The Bertz CT molecular complexity index is 686. The minimum atomic E-state index is -1.17. The van der Waals surface area contributed by atoms with Crippen molar-refractivity contribution in [1.29, 1.82) is 0 Å². The molecule has 1 amide bonds. The van der Waals surface area contributed by atoms with E-state index in [2.05, 4.69) is 5.32 Å². The number of carbonyl (C=O) groups is 2. The third kappa shape index (κ3) is 4.61. The predicted octanol–water partition coefficient (Wildman–Crippen LogP) is 3.31. The number of nitrogens with one attached hydrogen (secondary N) is 1. The third-order valence-electron chi connectivity index (χ3n) is 2.95. The van der Waals surface area contributed by atoms with Crippen LogP contribution in [-0.2, 0) is 9.59 Å². The van der Waals surface area contributed by atoms with Crippen LogP contribution in [0.25, 0.3) is 0 Å². The van der Waals surface area contributed by atoms with Crippen molar-refractivity contribution in [2.24, 2.45) is 0 Å². The molecule has 1 atom stereocenters. The number of hydrogen-bond acceptors (Lipinski definition) is 3. The van der Waals surface area contributed by atoms with Gasteiger partial charge in [-0.3, -0.25) is 4.79 Å². The highest BCUT2D eigenvalue weighted by Gasteiger charge is 2.22. The maximum atomic E-state index is 11.9. The van der Waals surface area contributed by atoms with Crippen LogP contribution >= 0.6 is 23.2 Å². The third-order valence-corrected chi connectivity index (χ3v) is 3.55. The number of ether oxygens (including phenoxy) is 1. The number of aliphatic carboxylic acids is 1. The molecule has 2 aromatic rings. The van der Waals surface area contributed by atoms with Gasteiger partial charge in [-0.15, -0.1) is 0 Å². The first-order valence-corrected chi connectivity index (χ1v) is 7.38. The van der Waals surface area contributed by atoms with E-state index in [-0.39, 0.29) is 15.8 Å². The molecule has 0 saturated carbocycles. The summed E-state index contributed by atoms with van der Waals surface area (Å²) in [5.41, 5.74) is 0.462. The van der Waals surface area contributed by atoms with Crippen molar-refractivity contribution in [2.75, 3.05) is 6.61 Å². The standard InChI is InChI=1S/C16H13Cl2NO4/c17-11-7-4-8-12(18)15(11)23-9-13(20)19-14(16(21)22)10-5-2-1-3-6-10/h1-8,14H,9H2,(H,19,20)(H,21,22). The quantitative estimate of drug-likeness (QED) is 0.835. The van der Waals surface area contributed by atoms with Crippen LogP contribution in [0.5, 0.6) is 5.75 Å². The molecule has 0 aromatic heterocycles. The van der Waals surface area contributed by atoms with Crippen molar-refractivity contribution in [2.45, 2.75) is 6.04 Å². The van der Waals surface area contributed by atoms with E-state index in [1.807, 2.05) is 0 Å². The SMILES string of the molecule is O=C(COc1c(Cl)cccc1Cl)NC(C(=O)O)c1ccccc1. The number of carbonyl (C=O) groups excluding carboxylic acids is 1. The Morgan fingerprint density at radius 1 is 1.04 bits per heavy atom. The summed E-state index contributed by atoms with van der Waals surface area (Å²) in [6.45, 7) is -0.403. The zero-order valence-electron chi connectivity index (χ0n) is 11.8. The van der Waals surface area contributed by atoms with Crippen molar-refractivity contribution in [3.05, 3.63) is 64.1 Å². The molecule has 120 valence electrons. The largest absolute Gasteiger partial charge is 0.481 e. The normalized spacial score (nSPS) is 11.6. The molecule has 0 heterocycles. The maximum absolute atomic E-state index is 11.9. The van der Waals surface area contributed by atoms with Crippen LogP contribution in [0, 0.1) is 0 Å². The Morgan fingerprint density at radius 3 is 2.22 bits per heavy atom. The van der Waals surface area contributed by atoms with Gasteiger partial charge in [-0.1, -0.05) is 59.6 Å². The molecule has 0 spiro atoms. The molecule has 0 radical (unpaired) electrons. The highest BCUT2D eigenvalue weighted by molar-refractivity contribution is 6.37. The lowest BCUT2D eigenvalue weighted by Crippen LogP contribution is -2.36. The Kier molecular flexibility index (Phi) is 5.84. The van der Waals surface area contributed by atoms with E-state index in [4.69, 9.17) is 27.9 Å². The van der Waals surface area contributed by atoms with E-state index in [1.54, 1.807) is 48.5 Å². The Morgan fingerprint density at radius 2 is 1.65 bits per heavy atom. The van der Waals surface area contributed by atoms with Crippen LogP contribution in [-0.4, -0.2) is 23.6 Å². The number of para-hydroxylation sites is 1. The summed E-state index contributed by atoms with van der Waals surface area (Å²) >= 11 is 11.9. The molecule has 2 N–H and O–H groups in total. The highest BCUT2D eigenvalue weighted by atomic mass is 35.5. The van der Waals surface area contributed by atoms with Gasteiger partial charge in [-0.2, -0.15) is 0 Å². The first-order valence-electron chi connectivity index (χ1n) is 6.63. The van der Waals surface area contributed by atoms with Gasteiger partial charge in [0.1, 0.15) is 0 Å². The molecule has 23 heavy (non-hydrogen) atoms. The van der Waals surface area contributed by atoms with E-state index in [0.29, 0.717) is 5.56 Å². The highest BCUT2D eigenvalue weighted by Crippen LogP contribution is 2.32. The van der Waals surface area contributed by atoms with Gasteiger partial charge in [-0.05, 0) is 17.7 Å². The number of halogens is 2. The summed E-state index contributed by atoms with van der Waals surface area (Å²) in [4.78, 5) is 23.3. The number of rotatable bonds is 6. The minimum Gasteiger partial charge on any atom is -0.481 e. The average molecular weight is 354 g/mol. The van der Waals surface area contributed by atoms with Crippen LogP contribution in [0.1, 0.15) is 11.6 Å². The molecule has 2 rings (SSSR count). The first-order chi connectivity index (χ1) is 11.0. The van der Waals surface area contributed by atoms with E-state index >= 15 is 0 Å². The van der Waals surface area contributed by atoms with E-state index in [9.17, 15) is 14.7 Å². The number of carboxylic acids is 1. The second-order valence-electron chi connectivity index (χ2n) is 4.59. The number of carboxylic acid groups (broad SMARTS) is 1. The van der Waals surface area contributed by atoms with Gasteiger partial charge in [0, 0.05) is 0 Å². The summed E-state index contributed by atoms with van der Waals surface area (Å²) in [7, 11) is 0. The van der Waals surface area contributed by atoms with Crippen LogP contribution < -0.4 is 10.1 Å². The van der Waals surface area contributed by atoms with Crippen molar-refractivity contribution >= 4 is 35.1 Å². The number of hydrogen-bond donors (Lipinski definition) is 2. The summed E-state index contributed by atoms with van der Waals surface area (Å²) in [5.74, 6) is -1.59. The maximum Gasteiger partial charge on any atom is 0.330 e. The molecule has 5 nitrogen and oxygen atoms in total. The molecule has 0 aliphatic carbocycles. The molecular weight excluding hydrogens is 341 g/mol. The predicted molar refractivity (Wildman–Crippen MR) is 86.9 cm³/mol. The van der Waals surface area contributed by atoms with Gasteiger partial charge >= 0.3 is 5.97 Å². The summed E-state index contributed by atoms with van der Waals surface area (Å²) in [6, 6.07) is 12.0. The number of amides is 1. The number of benzene rings is 2. The smallest absolute Gasteiger partial charge is 0.330 e. The lowest BCUT2D eigenvalue weighted by Gasteiger charge is -2.15. The van der Waals surface area contributed by atoms with E-state index < -0.39 is 24.5 Å². The van der Waals surface area contributed by atoms with Crippen molar-refractivity contribution in [1.82, 2.24) is 5.32 Å². The molecular formula is C16H13Cl2NO4. The lowest BCUT2D eigenvalue weighted by atomic mass is 10.1. The van der Waals surface area contributed by atoms with Crippen LogP contribution in [0.2, 0.25) is 10.0 Å². The fraction of sp³-hybridized carbons (Fsp3) is 0.125. The zero-order chi connectivity index (χ0) is 16.8. The fourth-order valence-electron chi connectivity index (χ4n) is 1.89. The van der Waals surface area contributed by atoms with Gasteiger partial charge in [0.15, 0.2) is 18.4 Å². The molecule has 7 heteroatoms. The lowest BCUT2D eigenvalue weighted by molar-refractivity contribution is -0.142. The van der Waals surface area contributed by atoms with Gasteiger partial charge in [0.2, 0.25) is 0 Å². The van der Waals surface area contributed by atoms with Gasteiger partial charge in [-0.25, -0.2) is 4.79 Å². The van der Waals surface area contributed by atoms with Crippen molar-refractivity contribution in [3.63, 3.8) is 0 Å².